The van der Waals surface area contributed by atoms with Crippen LogP contribution in [0.5, 0.6) is 0 Å². The lowest BCUT2D eigenvalue weighted by atomic mass is 10.3. The molecule has 1 unspecified atom stereocenters. The zero-order valence-corrected chi connectivity index (χ0v) is 10.6. The van der Waals surface area contributed by atoms with Gasteiger partial charge in [-0.15, -0.1) is 16.7 Å². The normalized spacial score (nSPS) is 12.8. The van der Waals surface area contributed by atoms with Crippen molar-refractivity contribution in [3.05, 3.63) is 40.1 Å². The highest BCUT2D eigenvalue weighted by atomic mass is 35.5. The van der Waals surface area contributed by atoms with Gasteiger partial charge < -0.3 is 0 Å². The van der Waals surface area contributed by atoms with Crippen LogP contribution in [-0.2, 0) is 0 Å². The molecule has 0 amide bonds. The monoisotopic (exact) mass is 275 g/mol. The number of hydrogen-bond donors (Lipinski definition) is 0. The number of benzene rings is 1. The molecular formula is C10H8Cl3N3. The molecule has 0 fully saturated rings. The fraction of sp³-hybridized carbons (Fsp3) is 0.200. The van der Waals surface area contributed by atoms with E-state index in [9.17, 15) is 0 Å². The van der Waals surface area contributed by atoms with Crippen molar-refractivity contribution in [3.63, 3.8) is 0 Å². The molecule has 3 nitrogen and oxygen atoms in total. The average Bonchev–Trinajstić information content (AvgIpc) is 2.71. The van der Waals surface area contributed by atoms with Gasteiger partial charge in [0.05, 0.1) is 27.3 Å². The van der Waals surface area contributed by atoms with Gasteiger partial charge in [0, 0.05) is 0 Å². The van der Waals surface area contributed by atoms with Crippen LogP contribution in [0.25, 0.3) is 5.69 Å². The van der Waals surface area contributed by atoms with Crippen LogP contribution in [0.4, 0.5) is 0 Å². The first-order valence-electron chi connectivity index (χ1n) is 4.60. The first-order chi connectivity index (χ1) is 7.59. The smallest absolute Gasteiger partial charge is 0.101 e. The van der Waals surface area contributed by atoms with E-state index in [4.69, 9.17) is 34.8 Å². The second-order valence-electron chi connectivity index (χ2n) is 3.28. The lowest BCUT2D eigenvalue weighted by Crippen LogP contribution is -1.95. The molecule has 1 aromatic carbocycles. The molecule has 0 spiro atoms. The van der Waals surface area contributed by atoms with E-state index in [2.05, 4.69) is 10.3 Å². The highest BCUT2D eigenvalue weighted by Gasteiger charge is 2.11. The molecule has 0 aliphatic heterocycles. The Labute approximate surface area is 108 Å². The van der Waals surface area contributed by atoms with Crippen LogP contribution in [0.15, 0.2) is 24.4 Å². The van der Waals surface area contributed by atoms with E-state index >= 15 is 0 Å². The summed E-state index contributed by atoms with van der Waals surface area (Å²) in [5.41, 5.74) is 1.38. The van der Waals surface area contributed by atoms with E-state index in [0.29, 0.717) is 21.4 Å². The van der Waals surface area contributed by atoms with E-state index in [1.54, 1.807) is 23.0 Å². The third-order valence-corrected chi connectivity index (χ3v) is 3.13. The predicted molar refractivity (Wildman–Crippen MR) is 65.6 cm³/mol. The van der Waals surface area contributed by atoms with E-state index in [1.165, 1.54) is 0 Å². The molecule has 1 aromatic heterocycles. The largest absolute Gasteiger partial charge is 0.219 e. The summed E-state index contributed by atoms with van der Waals surface area (Å²) in [4.78, 5) is 0. The van der Waals surface area contributed by atoms with E-state index in [1.807, 2.05) is 13.0 Å². The molecule has 6 heteroatoms. The number of rotatable bonds is 2. The quantitative estimate of drug-likeness (QED) is 0.780. The molecule has 2 aromatic rings. The Morgan fingerprint density at radius 3 is 2.69 bits per heavy atom. The first-order valence-corrected chi connectivity index (χ1v) is 5.79. The van der Waals surface area contributed by atoms with Crippen LogP contribution in [-0.4, -0.2) is 15.0 Å². The van der Waals surface area contributed by atoms with Crippen LogP contribution in [0, 0.1) is 0 Å². The minimum absolute atomic E-state index is 0.188. The minimum Gasteiger partial charge on any atom is -0.219 e. The Balaban J connectivity index is 2.47. The maximum absolute atomic E-state index is 6.06. The number of aromatic nitrogens is 3. The van der Waals surface area contributed by atoms with Crippen LogP contribution in [0.1, 0.15) is 18.0 Å². The molecule has 0 saturated carbocycles. The summed E-state index contributed by atoms with van der Waals surface area (Å²) in [5, 5.41) is 8.63. The minimum atomic E-state index is -0.188. The van der Waals surface area contributed by atoms with Gasteiger partial charge in [-0.3, -0.25) is 0 Å². The van der Waals surface area contributed by atoms with Crippen LogP contribution >= 0.6 is 34.8 Å². The van der Waals surface area contributed by atoms with Crippen molar-refractivity contribution in [2.24, 2.45) is 0 Å². The lowest BCUT2D eigenvalue weighted by Gasteiger charge is -2.03. The zero-order chi connectivity index (χ0) is 11.7. The topological polar surface area (TPSA) is 30.7 Å². The molecule has 0 aliphatic rings. The highest BCUT2D eigenvalue weighted by molar-refractivity contribution is 6.43. The van der Waals surface area contributed by atoms with Gasteiger partial charge in [0.2, 0.25) is 0 Å². The van der Waals surface area contributed by atoms with Gasteiger partial charge in [-0.2, -0.15) is 0 Å². The third-order valence-electron chi connectivity index (χ3n) is 2.10. The maximum Gasteiger partial charge on any atom is 0.101 e. The van der Waals surface area contributed by atoms with Gasteiger partial charge in [0.15, 0.2) is 0 Å². The lowest BCUT2D eigenvalue weighted by molar-refractivity contribution is 0.797. The number of halogens is 3. The van der Waals surface area contributed by atoms with Crippen LogP contribution < -0.4 is 0 Å². The molecule has 0 N–H and O–H groups in total. The fourth-order valence-electron chi connectivity index (χ4n) is 1.25. The van der Waals surface area contributed by atoms with Crippen molar-refractivity contribution in [1.29, 1.82) is 0 Å². The maximum atomic E-state index is 6.06. The Morgan fingerprint density at radius 2 is 2.06 bits per heavy atom. The van der Waals surface area contributed by atoms with E-state index in [-0.39, 0.29) is 5.38 Å². The molecule has 1 heterocycles. The molecule has 0 radical (unpaired) electrons. The van der Waals surface area contributed by atoms with Gasteiger partial charge in [-0.25, -0.2) is 4.68 Å². The SMILES string of the molecule is CC(Cl)c1cn(-c2cccc(Cl)c2Cl)nn1. The molecule has 84 valence electrons. The second kappa shape index (κ2) is 4.62. The summed E-state index contributed by atoms with van der Waals surface area (Å²) in [6.45, 7) is 1.83. The van der Waals surface area contributed by atoms with Crippen molar-refractivity contribution in [3.8, 4) is 5.69 Å². The average molecular weight is 277 g/mol. The van der Waals surface area contributed by atoms with Gasteiger partial charge in [0.1, 0.15) is 5.69 Å². The van der Waals surface area contributed by atoms with Gasteiger partial charge in [-0.05, 0) is 19.1 Å². The van der Waals surface area contributed by atoms with Crippen LogP contribution in [0.3, 0.4) is 0 Å². The van der Waals surface area contributed by atoms with Gasteiger partial charge >= 0.3 is 0 Å². The van der Waals surface area contributed by atoms with Gasteiger partial charge in [-0.1, -0.05) is 34.5 Å². The molecule has 0 bridgehead atoms. The van der Waals surface area contributed by atoms with Crippen molar-refractivity contribution >= 4 is 34.8 Å². The summed E-state index contributed by atoms with van der Waals surface area (Å²) in [5.74, 6) is 0. The van der Waals surface area contributed by atoms with Gasteiger partial charge in [0.25, 0.3) is 0 Å². The summed E-state index contributed by atoms with van der Waals surface area (Å²) >= 11 is 17.9. The van der Waals surface area contributed by atoms with Crippen molar-refractivity contribution in [1.82, 2.24) is 15.0 Å². The van der Waals surface area contributed by atoms with Crippen molar-refractivity contribution in [2.75, 3.05) is 0 Å². The van der Waals surface area contributed by atoms with E-state index < -0.39 is 0 Å². The van der Waals surface area contributed by atoms with E-state index in [0.717, 1.165) is 0 Å². The Morgan fingerprint density at radius 1 is 1.31 bits per heavy atom. The summed E-state index contributed by atoms with van der Waals surface area (Å²) < 4.78 is 1.56. The van der Waals surface area contributed by atoms with Crippen molar-refractivity contribution in [2.45, 2.75) is 12.3 Å². The summed E-state index contributed by atoms with van der Waals surface area (Å²) in [6.07, 6.45) is 1.73. The zero-order valence-electron chi connectivity index (χ0n) is 8.36. The standard InChI is InChI=1S/C10H8Cl3N3/c1-6(11)8-5-16(15-14-8)9-4-2-3-7(12)10(9)13/h2-6H,1H3. The summed E-state index contributed by atoms with van der Waals surface area (Å²) in [7, 11) is 0. The number of hydrogen-bond acceptors (Lipinski definition) is 2. The fourth-order valence-corrected chi connectivity index (χ4v) is 1.73. The molecular weight excluding hydrogens is 268 g/mol. The van der Waals surface area contributed by atoms with Crippen LogP contribution in [0.2, 0.25) is 10.0 Å². The molecule has 2 rings (SSSR count). The Kier molecular flexibility index (Phi) is 3.38. The first kappa shape index (κ1) is 11.7. The third kappa shape index (κ3) is 2.17. The molecule has 0 saturated heterocycles. The molecule has 1 atom stereocenters. The Hall–Kier alpha value is -0.770. The number of alkyl halides is 1. The molecule has 16 heavy (non-hydrogen) atoms. The van der Waals surface area contributed by atoms with Crippen molar-refractivity contribution < 1.29 is 0 Å². The molecule has 0 aliphatic carbocycles. The number of nitrogens with zero attached hydrogens (tertiary/aromatic N) is 3. The summed E-state index contributed by atoms with van der Waals surface area (Å²) in [6, 6.07) is 5.33. The predicted octanol–water partition coefficient (Wildman–Crippen LogP) is 3.87. The Bertz CT molecular complexity index is 508. The second-order valence-corrected chi connectivity index (χ2v) is 4.72. The highest BCUT2D eigenvalue weighted by Crippen LogP contribution is 2.28.